The Labute approximate surface area is 137 Å². The number of hydrogen-bond donors (Lipinski definition) is 0. The number of hydrogen-bond acceptors (Lipinski definition) is 5. The molecular weight excluding hydrogens is 290 g/mol. The van der Waals surface area contributed by atoms with Gasteiger partial charge in [0.05, 0.1) is 11.1 Å². The van der Waals surface area contributed by atoms with Crippen molar-refractivity contribution in [3.63, 3.8) is 0 Å². The highest BCUT2D eigenvalue weighted by molar-refractivity contribution is 5.76. The second-order valence-corrected chi connectivity index (χ2v) is 6.86. The number of nitrogens with zero attached hydrogens (tertiary/aromatic N) is 3. The molecule has 1 fully saturated rings. The Morgan fingerprint density at radius 2 is 1.91 bits per heavy atom. The summed E-state index contributed by atoms with van der Waals surface area (Å²) < 4.78 is 5.40. The van der Waals surface area contributed by atoms with Crippen LogP contribution in [0.1, 0.15) is 44.7 Å². The van der Waals surface area contributed by atoms with Crippen LogP contribution in [-0.2, 0) is 9.53 Å². The van der Waals surface area contributed by atoms with Crippen molar-refractivity contribution < 1.29 is 9.53 Å². The predicted octanol–water partition coefficient (Wildman–Crippen LogP) is 2.99. The molecule has 0 amide bonds. The van der Waals surface area contributed by atoms with E-state index in [2.05, 4.69) is 0 Å². The number of ether oxygens (including phenoxy) is 1. The molecule has 0 spiro atoms. The number of carbonyl (C=O) groups excluding carboxylic acids is 1. The second kappa shape index (κ2) is 6.71. The summed E-state index contributed by atoms with van der Waals surface area (Å²) >= 11 is 0. The number of anilines is 1. The van der Waals surface area contributed by atoms with Gasteiger partial charge in [-0.1, -0.05) is 0 Å². The zero-order valence-electron chi connectivity index (χ0n) is 13.8. The number of esters is 1. The van der Waals surface area contributed by atoms with Crippen LogP contribution in [0, 0.1) is 28.6 Å². The van der Waals surface area contributed by atoms with Crippen molar-refractivity contribution in [3.05, 3.63) is 29.3 Å². The summed E-state index contributed by atoms with van der Waals surface area (Å²) in [5, 5.41) is 18.2. The third-order valence-corrected chi connectivity index (χ3v) is 3.52. The molecule has 120 valence electrons. The number of nitriles is 2. The molecule has 0 aliphatic heterocycles. The first-order valence-corrected chi connectivity index (χ1v) is 7.73. The minimum atomic E-state index is -0.523. The lowest BCUT2D eigenvalue weighted by Gasteiger charge is -2.27. The zero-order chi connectivity index (χ0) is 17.0. The Kier molecular flexibility index (Phi) is 4.91. The smallest absolute Gasteiger partial charge is 0.326 e. The highest BCUT2D eigenvalue weighted by Crippen LogP contribution is 2.32. The molecule has 5 heteroatoms. The lowest BCUT2D eigenvalue weighted by molar-refractivity contribution is -0.153. The molecule has 0 atom stereocenters. The highest BCUT2D eigenvalue weighted by atomic mass is 16.6. The van der Waals surface area contributed by atoms with E-state index < -0.39 is 5.60 Å². The molecule has 1 aromatic rings. The average Bonchev–Trinajstić information content (AvgIpc) is 3.27. The Balaban J connectivity index is 2.20. The van der Waals surface area contributed by atoms with Gasteiger partial charge in [0.1, 0.15) is 24.3 Å². The summed E-state index contributed by atoms with van der Waals surface area (Å²) in [4.78, 5) is 14.1. The van der Waals surface area contributed by atoms with Crippen molar-refractivity contribution in [2.45, 2.75) is 39.2 Å². The van der Waals surface area contributed by atoms with Crippen LogP contribution in [0.3, 0.4) is 0 Å². The predicted molar refractivity (Wildman–Crippen MR) is 86.7 cm³/mol. The van der Waals surface area contributed by atoms with Crippen molar-refractivity contribution in [3.8, 4) is 12.1 Å². The molecule has 0 unspecified atom stereocenters. The minimum absolute atomic E-state index is 0.143. The van der Waals surface area contributed by atoms with Gasteiger partial charge >= 0.3 is 5.97 Å². The first-order valence-electron chi connectivity index (χ1n) is 7.73. The Hall–Kier alpha value is -2.53. The Bertz CT molecular complexity index is 673. The first kappa shape index (κ1) is 16.8. The molecule has 23 heavy (non-hydrogen) atoms. The fraction of sp³-hybridized carbons (Fsp3) is 0.500. The fourth-order valence-electron chi connectivity index (χ4n) is 2.32. The largest absolute Gasteiger partial charge is 0.459 e. The van der Waals surface area contributed by atoms with Gasteiger partial charge in [-0.3, -0.25) is 4.79 Å². The molecule has 1 aliphatic rings. The third-order valence-electron chi connectivity index (χ3n) is 3.52. The third kappa shape index (κ3) is 5.00. The van der Waals surface area contributed by atoms with Gasteiger partial charge in [0.25, 0.3) is 0 Å². The Morgan fingerprint density at radius 3 is 2.43 bits per heavy atom. The second-order valence-electron chi connectivity index (χ2n) is 6.86. The van der Waals surface area contributed by atoms with E-state index >= 15 is 0 Å². The van der Waals surface area contributed by atoms with Gasteiger partial charge in [-0.15, -0.1) is 0 Å². The van der Waals surface area contributed by atoms with Crippen LogP contribution in [0.5, 0.6) is 0 Å². The van der Waals surface area contributed by atoms with Crippen molar-refractivity contribution in [1.29, 1.82) is 10.5 Å². The topological polar surface area (TPSA) is 77.1 Å². The minimum Gasteiger partial charge on any atom is -0.459 e. The van der Waals surface area contributed by atoms with E-state index in [9.17, 15) is 10.1 Å². The summed E-state index contributed by atoms with van der Waals surface area (Å²) in [6.45, 7) is 6.42. The lowest BCUT2D eigenvalue weighted by Crippen LogP contribution is -2.36. The van der Waals surface area contributed by atoms with Gasteiger partial charge in [0.15, 0.2) is 0 Å². The number of benzene rings is 1. The Morgan fingerprint density at radius 1 is 1.26 bits per heavy atom. The monoisotopic (exact) mass is 311 g/mol. The van der Waals surface area contributed by atoms with Gasteiger partial charge in [0, 0.05) is 12.2 Å². The summed E-state index contributed by atoms with van der Waals surface area (Å²) in [6, 6.07) is 9.13. The SMILES string of the molecule is CC(C)(C)OC(=O)CN(CC1CC1)c1ccc(C#N)c(C#N)c1. The molecule has 0 N–H and O–H groups in total. The molecular formula is C18H21N3O2. The van der Waals surface area contributed by atoms with Crippen molar-refractivity contribution in [2.24, 2.45) is 5.92 Å². The maximum atomic E-state index is 12.1. The first-order chi connectivity index (χ1) is 10.8. The van der Waals surface area contributed by atoms with Gasteiger partial charge < -0.3 is 9.64 Å². The molecule has 1 aromatic carbocycles. The van der Waals surface area contributed by atoms with Crippen LogP contribution >= 0.6 is 0 Å². The van der Waals surface area contributed by atoms with E-state index in [1.807, 2.05) is 37.8 Å². The van der Waals surface area contributed by atoms with Crippen LogP contribution in [0.2, 0.25) is 0 Å². The summed E-state index contributed by atoms with van der Waals surface area (Å²) in [6.07, 6.45) is 2.32. The molecule has 5 nitrogen and oxygen atoms in total. The lowest BCUT2D eigenvalue weighted by atomic mass is 10.1. The maximum absolute atomic E-state index is 12.1. The summed E-state index contributed by atoms with van der Waals surface area (Å²) in [5.74, 6) is 0.291. The number of carbonyl (C=O) groups is 1. The molecule has 2 rings (SSSR count). The van der Waals surface area contributed by atoms with Gasteiger partial charge in [0.2, 0.25) is 0 Å². The van der Waals surface area contributed by atoms with E-state index in [4.69, 9.17) is 10.00 Å². The van der Waals surface area contributed by atoms with Gasteiger partial charge in [-0.2, -0.15) is 10.5 Å². The maximum Gasteiger partial charge on any atom is 0.326 e. The van der Waals surface area contributed by atoms with Crippen molar-refractivity contribution in [1.82, 2.24) is 0 Å². The molecule has 1 aliphatic carbocycles. The van der Waals surface area contributed by atoms with Crippen LogP contribution in [0.15, 0.2) is 18.2 Å². The average molecular weight is 311 g/mol. The van der Waals surface area contributed by atoms with Gasteiger partial charge in [-0.05, 0) is 57.7 Å². The van der Waals surface area contributed by atoms with Crippen LogP contribution < -0.4 is 4.90 Å². The molecule has 0 radical (unpaired) electrons. The quantitative estimate of drug-likeness (QED) is 0.781. The van der Waals surface area contributed by atoms with Crippen molar-refractivity contribution >= 4 is 11.7 Å². The standard InChI is InChI=1S/C18H21N3O2/c1-18(2,3)23-17(22)12-21(11-13-4-5-13)16-7-6-14(9-19)15(8-16)10-20/h6-8,13H,4-5,11-12H2,1-3H3. The zero-order valence-corrected chi connectivity index (χ0v) is 13.8. The van der Waals surface area contributed by atoms with Gasteiger partial charge in [-0.25, -0.2) is 0 Å². The molecule has 0 saturated heterocycles. The van der Waals surface area contributed by atoms with E-state index in [0.29, 0.717) is 17.0 Å². The van der Waals surface area contributed by atoms with E-state index in [1.54, 1.807) is 18.2 Å². The molecule has 0 aromatic heterocycles. The summed E-state index contributed by atoms with van der Waals surface area (Å²) in [7, 11) is 0. The van der Waals surface area contributed by atoms with Crippen LogP contribution in [0.25, 0.3) is 0 Å². The highest BCUT2D eigenvalue weighted by Gasteiger charge is 2.27. The number of rotatable bonds is 5. The van der Waals surface area contributed by atoms with Crippen LogP contribution in [-0.4, -0.2) is 24.7 Å². The van der Waals surface area contributed by atoms with E-state index in [1.165, 1.54) is 0 Å². The molecule has 0 bridgehead atoms. The van der Waals surface area contributed by atoms with E-state index in [0.717, 1.165) is 25.1 Å². The van der Waals surface area contributed by atoms with Crippen LogP contribution in [0.4, 0.5) is 5.69 Å². The molecule has 1 saturated carbocycles. The van der Waals surface area contributed by atoms with E-state index in [-0.39, 0.29) is 12.5 Å². The fourth-order valence-corrected chi connectivity index (χ4v) is 2.32. The summed E-state index contributed by atoms with van der Waals surface area (Å²) in [5.41, 5.74) is 0.929. The molecule has 0 heterocycles. The van der Waals surface area contributed by atoms with Crippen molar-refractivity contribution in [2.75, 3.05) is 18.0 Å². The normalized spacial score (nSPS) is 13.8.